The summed E-state index contributed by atoms with van der Waals surface area (Å²) >= 11 is 0. The van der Waals surface area contributed by atoms with E-state index < -0.39 is 0 Å². The van der Waals surface area contributed by atoms with Crippen molar-refractivity contribution < 1.29 is 0 Å². The van der Waals surface area contributed by atoms with Crippen LogP contribution < -0.4 is 5.73 Å². The van der Waals surface area contributed by atoms with Crippen LogP contribution in [0.3, 0.4) is 0 Å². The second-order valence-electron chi connectivity index (χ2n) is 4.46. The monoisotopic (exact) mass is 153 g/mol. The third-order valence-electron chi connectivity index (χ3n) is 3.56. The van der Waals surface area contributed by atoms with Gasteiger partial charge >= 0.3 is 0 Å². The molecule has 2 N–H and O–H groups in total. The van der Waals surface area contributed by atoms with E-state index >= 15 is 0 Å². The van der Waals surface area contributed by atoms with Gasteiger partial charge in [0.2, 0.25) is 0 Å². The molecular formula is C10H19N. The Morgan fingerprint density at radius 3 is 2.18 bits per heavy atom. The molecule has 0 saturated heterocycles. The summed E-state index contributed by atoms with van der Waals surface area (Å²) in [6, 6.07) is 0. The van der Waals surface area contributed by atoms with Gasteiger partial charge in [0.05, 0.1) is 0 Å². The molecule has 0 amide bonds. The molecule has 2 rings (SSSR count). The van der Waals surface area contributed by atoms with Crippen molar-refractivity contribution in [2.45, 2.75) is 38.5 Å². The second kappa shape index (κ2) is 3.14. The number of rotatable bonds is 2. The summed E-state index contributed by atoms with van der Waals surface area (Å²) in [7, 11) is 0. The van der Waals surface area contributed by atoms with E-state index in [1.54, 1.807) is 6.42 Å². The van der Waals surface area contributed by atoms with Crippen molar-refractivity contribution in [1.82, 2.24) is 0 Å². The number of fused-ring (bicyclic) bond motifs is 2. The Kier molecular flexibility index (Phi) is 2.17. The van der Waals surface area contributed by atoms with Crippen molar-refractivity contribution in [1.29, 1.82) is 0 Å². The van der Waals surface area contributed by atoms with Gasteiger partial charge in [0.15, 0.2) is 0 Å². The second-order valence-corrected chi connectivity index (χ2v) is 4.46. The van der Waals surface area contributed by atoms with Gasteiger partial charge in [-0.3, -0.25) is 0 Å². The highest BCUT2D eigenvalue weighted by atomic mass is 14.5. The van der Waals surface area contributed by atoms with Crippen LogP contribution in [-0.2, 0) is 0 Å². The Bertz CT molecular complexity index is 121. The summed E-state index contributed by atoms with van der Waals surface area (Å²) < 4.78 is 0. The summed E-state index contributed by atoms with van der Waals surface area (Å²) in [4.78, 5) is 0. The zero-order valence-corrected chi connectivity index (χ0v) is 7.26. The third-order valence-corrected chi connectivity index (χ3v) is 3.56. The van der Waals surface area contributed by atoms with E-state index in [-0.39, 0.29) is 0 Å². The number of nitrogens with two attached hydrogens (primary N) is 1. The highest BCUT2D eigenvalue weighted by Crippen LogP contribution is 2.45. The minimum Gasteiger partial charge on any atom is -0.330 e. The zero-order valence-electron chi connectivity index (χ0n) is 7.26. The van der Waals surface area contributed by atoms with Crippen molar-refractivity contribution in [2.24, 2.45) is 23.5 Å². The van der Waals surface area contributed by atoms with Crippen LogP contribution in [-0.4, -0.2) is 6.54 Å². The van der Waals surface area contributed by atoms with Crippen molar-refractivity contribution in [2.75, 3.05) is 6.54 Å². The fraction of sp³-hybridized carbons (Fsp3) is 1.00. The minimum absolute atomic E-state index is 0.907. The maximum absolute atomic E-state index is 5.57. The van der Waals surface area contributed by atoms with Gasteiger partial charge in [0.1, 0.15) is 0 Å². The molecule has 0 spiro atoms. The van der Waals surface area contributed by atoms with Gasteiger partial charge in [-0.2, -0.15) is 0 Å². The van der Waals surface area contributed by atoms with Crippen LogP contribution in [0.25, 0.3) is 0 Å². The van der Waals surface area contributed by atoms with E-state index in [1.807, 2.05) is 0 Å². The molecule has 64 valence electrons. The quantitative estimate of drug-likeness (QED) is 0.646. The minimum atomic E-state index is 0.907. The summed E-state index contributed by atoms with van der Waals surface area (Å²) in [5, 5.41) is 0. The Hall–Kier alpha value is -0.0400. The normalized spacial score (nSPS) is 42.8. The lowest BCUT2D eigenvalue weighted by Crippen LogP contribution is -2.18. The predicted molar refractivity (Wildman–Crippen MR) is 47.2 cm³/mol. The standard InChI is InChI=1S/C10H19N/c11-4-3-10-6-8-1-2-9(5-8)7-10/h8-10H,1-7,11H2. The average molecular weight is 153 g/mol. The summed E-state index contributed by atoms with van der Waals surface area (Å²) in [5.74, 6) is 3.17. The molecule has 0 heterocycles. The smallest absolute Gasteiger partial charge is 0.00746 e. The Morgan fingerprint density at radius 2 is 1.64 bits per heavy atom. The van der Waals surface area contributed by atoms with Gasteiger partial charge in [-0.15, -0.1) is 0 Å². The Morgan fingerprint density at radius 1 is 1.00 bits per heavy atom. The van der Waals surface area contributed by atoms with Crippen LogP contribution >= 0.6 is 0 Å². The Labute approximate surface area is 69.4 Å². The highest BCUT2D eigenvalue weighted by molar-refractivity contribution is 4.85. The molecule has 1 nitrogen and oxygen atoms in total. The number of hydrogen-bond donors (Lipinski definition) is 1. The molecule has 0 radical (unpaired) electrons. The van der Waals surface area contributed by atoms with Crippen LogP contribution in [0.5, 0.6) is 0 Å². The zero-order chi connectivity index (χ0) is 7.68. The van der Waals surface area contributed by atoms with Crippen LogP contribution in [0.1, 0.15) is 38.5 Å². The van der Waals surface area contributed by atoms with Gasteiger partial charge in [0, 0.05) is 0 Å². The van der Waals surface area contributed by atoms with Gasteiger partial charge < -0.3 is 5.73 Å². The van der Waals surface area contributed by atoms with Gasteiger partial charge in [0.25, 0.3) is 0 Å². The lowest BCUT2D eigenvalue weighted by molar-refractivity contribution is 0.252. The first-order valence-corrected chi connectivity index (χ1v) is 5.08. The van der Waals surface area contributed by atoms with E-state index in [1.165, 1.54) is 32.1 Å². The van der Waals surface area contributed by atoms with E-state index in [4.69, 9.17) is 5.73 Å². The molecule has 0 aromatic heterocycles. The molecule has 2 unspecified atom stereocenters. The number of hydrogen-bond acceptors (Lipinski definition) is 1. The largest absolute Gasteiger partial charge is 0.330 e. The van der Waals surface area contributed by atoms with Crippen LogP contribution in [0.4, 0.5) is 0 Å². The molecule has 0 aliphatic heterocycles. The first-order valence-electron chi connectivity index (χ1n) is 5.08. The molecule has 11 heavy (non-hydrogen) atoms. The lowest BCUT2D eigenvalue weighted by atomic mass is 9.79. The van der Waals surface area contributed by atoms with Crippen molar-refractivity contribution in [3.63, 3.8) is 0 Å². The third kappa shape index (κ3) is 1.58. The van der Waals surface area contributed by atoms with E-state index in [0.29, 0.717) is 0 Å². The SMILES string of the molecule is NCCC1CC2CCC(C1)C2. The van der Waals surface area contributed by atoms with Crippen LogP contribution in [0, 0.1) is 17.8 Å². The van der Waals surface area contributed by atoms with Gasteiger partial charge in [-0.25, -0.2) is 0 Å². The van der Waals surface area contributed by atoms with Gasteiger partial charge in [-0.05, 0) is 50.0 Å². The molecule has 2 atom stereocenters. The molecule has 2 aliphatic carbocycles. The fourth-order valence-electron chi connectivity index (χ4n) is 3.12. The molecule has 0 aromatic carbocycles. The molecular weight excluding hydrogens is 134 g/mol. The molecule has 1 heteroatoms. The fourth-order valence-corrected chi connectivity index (χ4v) is 3.12. The topological polar surface area (TPSA) is 26.0 Å². The lowest BCUT2D eigenvalue weighted by Gasteiger charge is -2.27. The maximum atomic E-state index is 5.57. The first-order chi connectivity index (χ1) is 5.38. The predicted octanol–water partition coefficient (Wildman–Crippen LogP) is 2.16. The Balaban J connectivity index is 1.87. The molecule has 0 aromatic rings. The highest BCUT2D eigenvalue weighted by Gasteiger charge is 2.33. The first kappa shape index (κ1) is 7.60. The average Bonchev–Trinajstić information content (AvgIpc) is 2.32. The summed E-state index contributed by atoms with van der Waals surface area (Å²) in [6.07, 6.45) is 8.85. The summed E-state index contributed by atoms with van der Waals surface area (Å²) in [5.41, 5.74) is 5.57. The van der Waals surface area contributed by atoms with Crippen LogP contribution in [0.2, 0.25) is 0 Å². The maximum Gasteiger partial charge on any atom is -0.00746 e. The van der Waals surface area contributed by atoms with E-state index in [9.17, 15) is 0 Å². The molecule has 2 saturated carbocycles. The molecule has 2 aliphatic rings. The van der Waals surface area contributed by atoms with E-state index in [2.05, 4.69) is 0 Å². The van der Waals surface area contributed by atoms with Crippen molar-refractivity contribution in [3.05, 3.63) is 0 Å². The molecule has 2 fully saturated rings. The molecule has 2 bridgehead atoms. The van der Waals surface area contributed by atoms with Gasteiger partial charge in [-0.1, -0.05) is 12.8 Å². The van der Waals surface area contributed by atoms with Crippen LogP contribution in [0.15, 0.2) is 0 Å². The van der Waals surface area contributed by atoms with E-state index in [0.717, 1.165) is 24.3 Å². The summed E-state index contributed by atoms with van der Waals surface area (Å²) in [6.45, 7) is 0.907. The van der Waals surface area contributed by atoms with Crippen molar-refractivity contribution >= 4 is 0 Å². The van der Waals surface area contributed by atoms with Crippen molar-refractivity contribution in [3.8, 4) is 0 Å².